The maximum Gasteiger partial charge on any atom is 0.408 e. The minimum atomic E-state index is -4.68. The van der Waals surface area contributed by atoms with Crippen molar-refractivity contribution in [1.82, 2.24) is 15.0 Å². The molecule has 0 fully saturated rings. The van der Waals surface area contributed by atoms with Gasteiger partial charge < -0.3 is 15.7 Å². The Morgan fingerprint density at radius 3 is 1.73 bits per heavy atom. The standard InChI is InChI=1S/C15H18F7N5O.2H2S/c1-6(14(17,18)19)23-12-25-11(8-4-3-5-9(28)10(8)16)26-13(27-12)24-7(2)15(20,21)22;;/h6-7,9,28H,3-5H2,1-2H3,(H2,23,24,25,26,27);2*1H2/t6-,7?,9?;;/m0../s1. The highest BCUT2D eigenvalue weighted by atomic mass is 32.1. The molecule has 0 amide bonds. The number of aliphatic hydroxyl groups excluding tert-OH is 1. The molecule has 0 bridgehead atoms. The van der Waals surface area contributed by atoms with Gasteiger partial charge in [0.1, 0.15) is 24.0 Å². The molecule has 1 aliphatic rings. The smallest absolute Gasteiger partial charge is 0.386 e. The molecule has 1 aliphatic carbocycles. The van der Waals surface area contributed by atoms with Gasteiger partial charge in [0, 0.05) is 5.57 Å². The summed E-state index contributed by atoms with van der Waals surface area (Å²) in [6.07, 6.45) is -10.2. The summed E-state index contributed by atoms with van der Waals surface area (Å²) in [5, 5.41) is 13.5. The summed E-state index contributed by atoms with van der Waals surface area (Å²) in [6.45, 7) is 1.53. The predicted molar refractivity (Wildman–Crippen MR) is 107 cm³/mol. The minimum absolute atomic E-state index is 0. The highest BCUT2D eigenvalue weighted by molar-refractivity contribution is 7.59. The van der Waals surface area contributed by atoms with Crippen molar-refractivity contribution in [3.05, 3.63) is 11.7 Å². The number of nitrogens with one attached hydrogen (secondary N) is 2. The van der Waals surface area contributed by atoms with Crippen molar-refractivity contribution < 1.29 is 35.8 Å². The first-order valence-corrected chi connectivity index (χ1v) is 8.28. The Kier molecular flexibility index (Phi) is 10.2. The summed E-state index contributed by atoms with van der Waals surface area (Å²) < 4.78 is 90.8. The lowest BCUT2D eigenvalue weighted by atomic mass is 9.96. The third kappa shape index (κ3) is 7.34. The number of hydrogen-bond acceptors (Lipinski definition) is 6. The quantitative estimate of drug-likeness (QED) is 0.546. The lowest BCUT2D eigenvalue weighted by Crippen LogP contribution is -2.35. The van der Waals surface area contributed by atoms with E-state index in [2.05, 4.69) is 15.0 Å². The summed E-state index contributed by atoms with van der Waals surface area (Å²) in [5.74, 6) is -2.76. The van der Waals surface area contributed by atoms with Gasteiger partial charge in [-0.15, -0.1) is 0 Å². The van der Waals surface area contributed by atoms with Crippen LogP contribution in [0.3, 0.4) is 0 Å². The molecule has 0 saturated heterocycles. The van der Waals surface area contributed by atoms with Gasteiger partial charge in [0.05, 0.1) is 0 Å². The van der Waals surface area contributed by atoms with E-state index in [9.17, 15) is 35.8 Å². The molecule has 3 atom stereocenters. The van der Waals surface area contributed by atoms with E-state index in [1.54, 1.807) is 0 Å². The summed E-state index contributed by atoms with van der Waals surface area (Å²) in [6, 6.07) is -4.24. The van der Waals surface area contributed by atoms with Crippen LogP contribution in [0.2, 0.25) is 0 Å². The highest BCUT2D eigenvalue weighted by Gasteiger charge is 2.38. The third-order valence-electron chi connectivity index (χ3n) is 4.06. The second-order valence-corrected chi connectivity index (χ2v) is 6.36. The van der Waals surface area contributed by atoms with Gasteiger partial charge in [0.15, 0.2) is 5.82 Å². The molecule has 0 aromatic carbocycles. The molecular weight excluding hydrogens is 463 g/mol. The number of allylic oxidation sites excluding steroid dienone is 1. The van der Waals surface area contributed by atoms with Crippen molar-refractivity contribution >= 4 is 44.5 Å². The number of halogens is 7. The van der Waals surface area contributed by atoms with E-state index in [-0.39, 0.29) is 45.4 Å². The van der Waals surface area contributed by atoms with Crippen LogP contribution in [0.1, 0.15) is 38.9 Å². The topological polar surface area (TPSA) is 83.0 Å². The summed E-state index contributed by atoms with van der Waals surface area (Å²) >= 11 is 0. The van der Waals surface area contributed by atoms with E-state index in [4.69, 9.17) is 0 Å². The first-order valence-electron chi connectivity index (χ1n) is 8.28. The Labute approximate surface area is 181 Å². The Morgan fingerprint density at radius 1 is 0.900 bits per heavy atom. The maximum atomic E-state index is 14.2. The molecule has 6 nitrogen and oxygen atoms in total. The SMILES string of the molecule is CC(Nc1nc(N[C@@H](C)C(F)(F)F)nc(C2=C(F)C(O)CCC2)n1)C(F)(F)F.S.S. The summed E-state index contributed by atoms with van der Waals surface area (Å²) in [5.41, 5.74) is -0.188. The van der Waals surface area contributed by atoms with Gasteiger partial charge in [-0.25, -0.2) is 4.39 Å². The van der Waals surface area contributed by atoms with Gasteiger partial charge in [-0.05, 0) is 33.1 Å². The van der Waals surface area contributed by atoms with Gasteiger partial charge in [0.2, 0.25) is 11.9 Å². The Balaban J connectivity index is 0.00000420. The van der Waals surface area contributed by atoms with E-state index in [0.717, 1.165) is 13.8 Å². The molecule has 3 N–H and O–H groups in total. The van der Waals surface area contributed by atoms with Crippen LogP contribution in [0.5, 0.6) is 0 Å². The lowest BCUT2D eigenvalue weighted by Gasteiger charge is -2.22. The Morgan fingerprint density at radius 2 is 1.33 bits per heavy atom. The molecule has 0 saturated carbocycles. The fourth-order valence-corrected chi connectivity index (χ4v) is 2.33. The molecule has 0 aliphatic heterocycles. The number of anilines is 2. The molecule has 174 valence electrons. The van der Waals surface area contributed by atoms with Crippen molar-refractivity contribution in [3.8, 4) is 0 Å². The molecule has 15 heteroatoms. The monoisotopic (exact) mass is 485 g/mol. The van der Waals surface area contributed by atoms with E-state index < -0.39 is 54.1 Å². The fourth-order valence-electron chi connectivity index (χ4n) is 2.33. The number of rotatable bonds is 5. The zero-order chi connectivity index (χ0) is 21.3. The summed E-state index contributed by atoms with van der Waals surface area (Å²) in [7, 11) is 0. The molecule has 30 heavy (non-hydrogen) atoms. The second kappa shape index (κ2) is 10.7. The average molecular weight is 485 g/mol. The van der Waals surface area contributed by atoms with Crippen LogP contribution in [0, 0.1) is 0 Å². The number of aliphatic hydroxyl groups is 1. The molecule has 1 heterocycles. The zero-order valence-electron chi connectivity index (χ0n) is 15.8. The van der Waals surface area contributed by atoms with Crippen molar-refractivity contribution in [2.75, 3.05) is 10.6 Å². The van der Waals surface area contributed by atoms with Crippen LogP contribution in [-0.4, -0.2) is 50.6 Å². The van der Waals surface area contributed by atoms with E-state index in [1.807, 2.05) is 10.6 Å². The normalized spacial score (nSPS) is 19.3. The van der Waals surface area contributed by atoms with Crippen LogP contribution in [-0.2, 0) is 0 Å². The molecule has 0 spiro atoms. The average Bonchev–Trinajstić information content (AvgIpc) is 2.55. The van der Waals surface area contributed by atoms with Crippen molar-refractivity contribution in [2.24, 2.45) is 0 Å². The van der Waals surface area contributed by atoms with Crippen LogP contribution in [0.15, 0.2) is 5.83 Å². The number of aromatic nitrogens is 3. The van der Waals surface area contributed by atoms with Gasteiger partial charge in [-0.2, -0.15) is 68.3 Å². The Bertz CT molecular complexity index is 705. The zero-order valence-corrected chi connectivity index (χ0v) is 17.8. The van der Waals surface area contributed by atoms with E-state index in [1.165, 1.54) is 0 Å². The van der Waals surface area contributed by atoms with Crippen LogP contribution in [0.4, 0.5) is 42.6 Å². The van der Waals surface area contributed by atoms with Gasteiger partial charge in [-0.1, -0.05) is 0 Å². The molecule has 1 aromatic rings. The maximum absolute atomic E-state index is 14.2. The van der Waals surface area contributed by atoms with E-state index >= 15 is 0 Å². The molecule has 2 unspecified atom stereocenters. The molecule has 1 aromatic heterocycles. The van der Waals surface area contributed by atoms with Gasteiger partial charge >= 0.3 is 12.4 Å². The molecule has 2 rings (SSSR count). The number of nitrogens with zero attached hydrogens (tertiary/aromatic N) is 3. The van der Waals surface area contributed by atoms with Crippen molar-refractivity contribution in [1.29, 1.82) is 0 Å². The first-order chi connectivity index (χ1) is 12.8. The number of hydrogen-bond donors (Lipinski definition) is 3. The number of alkyl halides is 6. The first kappa shape index (κ1) is 28.5. The third-order valence-corrected chi connectivity index (χ3v) is 4.06. The van der Waals surface area contributed by atoms with Gasteiger partial charge in [0.25, 0.3) is 0 Å². The van der Waals surface area contributed by atoms with Crippen molar-refractivity contribution in [2.45, 2.75) is 63.7 Å². The van der Waals surface area contributed by atoms with Crippen molar-refractivity contribution in [3.63, 3.8) is 0 Å². The van der Waals surface area contributed by atoms with Crippen LogP contribution < -0.4 is 10.6 Å². The summed E-state index contributed by atoms with van der Waals surface area (Å²) in [4.78, 5) is 10.9. The molecule has 0 radical (unpaired) electrons. The molecular formula is C15H22F7N5OS2. The highest BCUT2D eigenvalue weighted by Crippen LogP contribution is 2.33. The van der Waals surface area contributed by atoms with Crippen LogP contribution >= 0.6 is 27.0 Å². The minimum Gasteiger partial charge on any atom is -0.386 e. The fraction of sp³-hybridized carbons (Fsp3) is 0.667. The van der Waals surface area contributed by atoms with Crippen LogP contribution in [0.25, 0.3) is 5.57 Å². The van der Waals surface area contributed by atoms with E-state index in [0.29, 0.717) is 6.42 Å². The largest absolute Gasteiger partial charge is 0.408 e. The predicted octanol–water partition coefficient (Wildman–Crippen LogP) is 4.05. The van der Waals surface area contributed by atoms with Gasteiger partial charge in [-0.3, -0.25) is 0 Å². The lowest BCUT2D eigenvalue weighted by molar-refractivity contribution is -0.139. The second-order valence-electron chi connectivity index (χ2n) is 6.36. The Hall–Kier alpha value is -1.48.